The van der Waals surface area contributed by atoms with Crippen molar-refractivity contribution in [1.29, 1.82) is 0 Å². The van der Waals surface area contributed by atoms with Crippen LogP contribution in [0.25, 0.3) is 0 Å². The smallest absolute Gasteiger partial charge is 0.0820 e. The van der Waals surface area contributed by atoms with E-state index in [4.69, 9.17) is 5.73 Å². The van der Waals surface area contributed by atoms with Gasteiger partial charge in [-0.2, -0.15) is 10.2 Å². The molecule has 3 N–H and O–H groups in total. The van der Waals surface area contributed by atoms with Crippen molar-refractivity contribution in [2.45, 2.75) is 18.9 Å². The third kappa shape index (κ3) is 1.38. The maximum absolute atomic E-state index is 5.60. The molecule has 0 radical (unpaired) electrons. The molecule has 2 rings (SSSR count). The highest BCUT2D eigenvalue weighted by Crippen LogP contribution is 2.21. The zero-order valence-corrected chi connectivity index (χ0v) is 6.83. The van der Waals surface area contributed by atoms with Gasteiger partial charge in [-0.1, -0.05) is 0 Å². The van der Waals surface area contributed by atoms with Gasteiger partial charge >= 0.3 is 0 Å². The summed E-state index contributed by atoms with van der Waals surface area (Å²) in [4.78, 5) is 0. The number of hydrogen-bond donors (Lipinski definition) is 2. The minimum Gasteiger partial charge on any atom is -0.397 e. The van der Waals surface area contributed by atoms with Crippen molar-refractivity contribution in [1.82, 2.24) is 15.5 Å². The van der Waals surface area contributed by atoms with Gasteiger partial charge in [0.2, 0.25) is 0 Å². The van der Waals surface area contributed by atoms with Crippen LogP contribution in [0.3, 0.4) is 0 Å². The van der Waals surface area contributed by atoms with Crippen LogP contribution in [0.15, 0.2) is 12.3 Å². The van der Waals surface area contributed by atoms with Crippen molar-refractivity contribution >= 4 is 5.69 Å². The fourth-order valence-electron chi connectivity index (χ4n) is 1.51. The van der Waals surface area contributed by atoms with Gasteiger partial charge in [0, 0.05) is 0 Å². The van der Waals surface area contributed by atoms with Gasteiger partial charge in [-0.3, -0.25) is 0 Å². The monoisotopic (exact) mass is 164 g/mol. The molecule has 1 fully saturated rings. The summed E-state index contributed by atoms with van der Waals surface area (Å²) >= 11 is 0. The summed E-state index contributed by atoms with van der Waals surface area (Å²) in [6.45, 7) is 1.07. The molecule has 1 aliphatic rings. The van der Waals surface area contributed by atoms with E-state index in [9.17, 15) is 0 Å². The van der Waals surface area contributed by atoms with E-state index in [-0.39, 0.29) is 0 Å². The number of nitrogen functional groups attached to an aromatic ring is 1. The van der Waals surface area contributed by atoms with E-state index in [1.807, 2.05) is 6.07 Å². The summed E-state index contributed by atoms with van der Waals surface area (Å²) in [5.41, 5.74) is 7.25. The van der Waals surface area contributed by atoms with Crippen LogP contribution in [-0.4, -0.2) is 16.7 Å². The summed E-state index contributed by atoms with van der Waals surface area (Å²) in [5.74, 6) is 0. The summed E-state index contributed by atoms with van der Waals surface area (Å²) in [6.07, 6.45) is 3.91. The van der Waals surface area contributed by atoms with E-state index in [1.54, 1.807) is 6.20 Å². The number of aromatic nitrogens is 2. The molecule has 1 atom stereocenters. The number of nitrogens with zero attached hydrogens (tertiary/aromatic N) is 2. The van der Waals surface area contributed by atoms with E-state index in [0.29, 0.717) is 11.7 Å². The largest absolute Gasteiger partial charge is 0.397 e. The van der Waals surface area contributed by atoms with Gasteiger partial charge in [0.1, 0.15) is 0 Å². The Labute approximate surface area is 71.2 Å². The lowest BCUT2D eigenvalue weighted by Crippen LogP contribution is -2.14. The van der Waals surface area contributed by atoms with Crippen LogP contribution in [0.5, 0.6) is 0 Å². The van der Waals surface area contributed by atoms with Crippen LogP contribution in [0.1, 0.15) is 24.6 Å². The van der Waals surface area contributed by atoms with Crippen LogP contribution >= 0.6 is 0 Å². The maximum Gasteiger partial charge on any atom is 0.0820 e. The Morgan fingerprint density at radius 3 is 3.17 bits per heavy atom. The molecule has 0 spiro atoms. The van der Waals surface area contributed by atoms with Crippen LogP contribution in [0, 0.1) is 0 Å². The Morgan fingerprint density at radius 2 is 2.50 bits per heavy atom. The molecule has 0 saturated carbocycles. The summed E-state index contributed by atoms with van der Waals surface area (Å²) in [5, 5.41) is 11.2. The van der Waals surface area contributed by atoms with Crippen LogP contribution in [0.4, 0.5) is 5.69 Å². The number of anilines is 1. The molecular formula is C8H12N4. The topological polar surface area (TPSA) is 63.8 Å². The lowest BCUT2D eigenvalue weighted by molar-refractivity contribution is 0.617. The molecule has 4 nitrogen and oxygen atoms in total. The lowest BCUT2D eigenvalue weighted by atomic mass is 10.1. The quantitative estimate of drug-likeness (QED) is 0.633. The first kappa shape index (κ1) is 7.49. The van der Waals surface area contributed by atoms with Gasteiger partial charge in [-0.15, -0.1) is 0 Å². The van der Waals surface area contributed by atoms with Gasteiger partial charge < -0.3 is 11.1 Å². The minimum absolute atomic E-state index is 0.362. The normalized spacial score (nSPS) is 22.8. The molecule has 2 heterocycles. The summed E-state index contributed by atoms with van der Waals surface area (Å²) < 4.78 is 0. The van der Waals surface area contributed by atoms with Gasteiger partial charge in [-0.25, -0.2) is 0 Å². The Hall–Kier alpha value is -1.16. The SMILES string of the molecule is Nc1cnnc(C2CCCN2)c1. The molecule has 4 heteroatoms. The zero-order valence-electron chi connectivity index (χ0n) is 6.83. The fraction of sp³-hybridized carbons (Fsp3) is 0.500. The third-order valence-corrected chi connectivity index (χ3v) is 2.11. The van der Waals surface area contributed by atoms with E-state index in [1.165, 1.54) is 6.42 Å². The lowest BCUT2D eigenvalue weighted by Gasteiger charge is -2.07. The summed E-state index contributed by atoms with van der Waals surface area (Å²) in [7, 11) is 0. The second-order valence-electron chi connectivity index (χ2n) is 3.06. The molecular weight excluding hydrogens is 152 g/mol. The highest BCUT2D eigenvalue weighted by Gasteiger charge is 2.17. The van der Waals surface area contributed by atoms with Crippen molar-refractivity contribution in [3.8, 4) is 0 Å². The molecule has 0 amide bonds. The Kier molecular flexibility index (Phi) is 1.91. The van der Waals surface area contributed by atoms with Gasteiger partial charge in [0.25, 0.3) is 0 Å². The van der Waals surface area contributed by atoms with Gasteiger partial charge in [-0.05, 0) is 25.5 Å². The molecule has 0 aromatic carbocycles. The van der Waals surface area contributed by atoms with E-state index < -0.39 is 0 Å². The Bertz CT molecular complexity index is 268. The first-order chi connectivity index (χ1) is 5.86. The fourth-order valence-corrected chi connectivity index (χ4v) is 1.51. The number of rotatable bonds is 1. The number of nitrogens with one attached hydrogen (secondary N) is 1. The van der Waals surface area contributed by atoms with Crippen LogP contribution < -0.4 is 11.1 Å². The maximum atomic E-state index is 5.60. The van der Waals surface area contributed by atoms with E-state index in [2.05, 4.69) is 15.5 Å². The average molecular weight is 164 g/mol. The molecule has 0 aliphatic carbocycles. The van der Waals surface area contributed by atoms with Crippen molar-refractivity contribution in [2.75, 3.05) is 12.3 Å². The second kappa shape index (κ2) is 3.06. The number of hydrogen-bond acceptors (Lipinski definition) is 4. The predicted molar refractivity (Wildman–Crippen MR) is 46.4 cm³/mol. The van der Waals surface area contributed by atoms with Crippen molar-refractivity contribution in [3.05, 3.63) is 18.0 Å². The number of nitrogens with two attached hydrogens (primary N) is 1. The Morgan fingerprint density at radius 1 is 1.58 bits per heavy atom. The molecule has 1 aliphatic heterocycles. The molecule has 1 aromatic heterocycles. The first-order valence-corrected chi connectivity index (χ1v) is 4.18. The van der Waals surface area contributed by atoms with Crippen molar-refractivity contribution < 1.29 is 0 Å². The van der Waals surface area contributed by atoms with Crippen LogP contribution in [0.2, 0.25) is 0 Å². The molecule has 64 valence electrons. The van der Waals surface area contributed by atoms with E-state index in [0.717, 1.165) is 18.7 Å². The molecule has 0 bridgehead atoms. The van der Waals surface area contributed by atoms with E-state index >= 15 is 0 Å². The molecule has 1 aromatic rings. The molecule has 12 heavy (non-hydrogen) atoms. The Balaban J connectivity index is 2.21. The minimum atomic E-state index is 0.362. The summed E-state index contributed by atoms with van der Waals surface area (Å²) in [6, 6.07) is 2.25. The zero-order chi connectivity index (χ0) is 8.39. The van der Waals surface area contributed by atoms with Gasteiger partial charge in [0.15, 0.2) is 0 Å². The van der Waals surface area contributed by atoms with Gasteiger partial charge in [0.05, 0.1) is 23.6 Å². The average Bonchev–Trinajstić information content (AvgIpc) is 2.56. The third-order valence-electron chi connectivity index (χ3n) is 2.11. The van der Waals surface area contributed by atoms with Crippen molar-refractivity contribution in [3.63, 3.8) is 0 Å². The predicted octanol–water partition coefficient (Wildman–Crippen LogP) is 0.483. The standard InChI is InChI=1S/C8H12N4/c9-6-4-8(12-11-5-6)7-2-1-3-10-7/h4-5,7,10H,1-3H2,(H2,9,12). The second-order valence-corrected chi connectivity index (χ2v) is 3.06. The highest BCUT2D eigenvalue weighted by atomic mass is 15.1. The molecule has 1 saturated heterocycles. The highest BCUT2D eigenvalue weighted by molar-refractivity contribution is 5.35. The van der Waals surface area contributed by atoms with Crippen LogP contribution in [-0.2, 0) is 0 Å². The molecule has 1 unspecified atom stereocenters. The first-order valence-electron chi connectivity index (χ1n) is 4.18. The van der Waals surface area contributed by atoms with Crippen molar-refractivity contribution in [2.24, 2.45) is 0 Å².